The van der Waals surface area contributed by atoms with Crippen molar-refractivity contribution in [2.24, 2.45) is 0 Å². The minimum Gasteiger partial charge on any atom is -0.337 e. The zero-order valence-electron chi connectivity index (χ0n) is 15.7. The van der Waals surface area contributed by atoms with Crippen molar-refractivity contribution in [1.82, 2.24) is 4.90 Å². The molecule has 4 nitrogen and oxygen atoms in total. The van der Waals surface area contributed by atoms with E-state index < -0.39 is 5.41 Å². The van der Waals surface area contributed by atoms with Crippen LogP contribution in [0, 0.1) is 0 Å². The third kappa shape index (κ3) is 2.75. The molecule has 29 heavy (non-hydrogen) atoms. The standard InChI is InChI=1S/C24H19ClN2O2/c25-18-12-10-17(11-13-18)22(28)26-15-14-24(16-26)20-8-4-5-9-21(20)27(23(24)29)19-6-2-1-3-7-19/h1-13H,14-16H2. The van der Waals surface area contributed by atoms with Crippen LogP contribution in [-0.4, -0.2) is 29.8 Å². The lowest BCUT2D eigenvalue weighted by Gasteiger charge is -2.24. The lowest BCUT2D eigenvalue weighted by Crippen LogP contribution is -2.41. The van der Waals surface area contributed by atoms with Crippen LogP contribution in [-0.2, 0) is 10.2 Å². The number of rotatable bonds is 2. The van der Waals surface area contributed by atoms with Crippen LogP contribution < -0.4 is 4.90 Å². The molecular weight excluding hydrogens is 384 g/mol. The number of halogens is 1. The minimum atomic E-state index is -0.700. The van der Waals surface area contributed by atoms with E-state index in [-0.39, 0.29) is 11.8 Å². The Morgan fingerprint density at radius 3 is 2.34 bits per heavy atom. The van der Waals surface area contributed by atoms with Gasteiger partial charge in [0.1, 0.15) is 0 Å². The quantitative estimate of drug-likeness (QED) is 0.617. The number of nitrogens with zero attached hydrogens (tertiary/aromatic N) is 2. The summed E-state index contributed by atoms with van der Waals surface area (Å²) in [6.45, 7) is 0.928. The highest BCUT2D eigenvalue weighted by Crippen LogP contribution is 2.50. The number of fused-ring (bicyclic) bond motifs is 2. The number of amides is 2. The van der Waals surface area contributed by atoms with Crippen LogP contribution in [0.15, 0.2) is 78.9 Å². The maximum atomic E-state index is 13.7. The van der Waals surface area contributed by atoms with Gasteiger partial charge in [0.05, 0.1) is 11.1 Å². The third-order valence-electron chi connectivity index (χ3n) is 5.94. The first kappa shape index (κ1) is 18.0. The molecule has 1 fully saturated rings. The molecule has 1 spiro atoms. The van der Waals surface area contributed by atoms with Gasteiger partial charge in [0.2, 0.25) is 5.91 Å². The number of carbonyl (C=O) groups excluding carboxylic acids is 2. The van der Waals surface area contributed by atoms with Crippen molar-refractivity contribution >= 4 is 34.8 Å². The first-order valence-electron chi connectivity index (χ1n) is 9.64. The van der Waals surface area contributed by atoms with Gasteiger partial charge in [-0.3, -0.25) is 14.5 Å². The van der Waals surface area contributed by atoms with E-state index in [0.717, 1.165) is 16.9 Å². The summed E-state index contributed by atoms with van der Waals surface area (Å²) in [6.07, 6.45) is 0.617. The van der Waals surface area contributed by atoms with Crippen molar-refractivity contribution < 1.29 is 9.59 Å². The van der Waals surface area contributed by atoms with Crippen LogP contribution in [0.2, 0.25) is 5.02 Å². The van der Waals surface area contributed by atoms with Crippen LogP contribution in [0.3, 0.4) is 0 Å². The predicted octanol–water partition coefficient (Wildman–Crippen LogP) is 4.80. The average Bonchev–Trinajstić information content (AvgIpc) is 3.30. The molecule has 3 aromatic carbocycles. The molecule has 0 radical (unpaired) electrons. The smallest absolute Gasteiger partial charge is 0.253 e. The van der Waals surface area contributed by atoms with Gasteiger partial charge in [-0.05, 0) is 54.4 Å². The Bertz CT molecular complexity index is 1100. The van der Waals surface area contributed by atoms with Gasteiger partial charge >= 0.3 is 0 Å². The zero-order chi connectivity index (χ0) is 20.0. The molecule has 2 amide bonds. The van der Waals surface area contributed by atoms with Gasteiger partial charge in [-0.15, -0.1) is 0 Å². The molecule has 0 aromatic heterocycles. The van der Waals surface area contributed by atoms with E-state index in [1.165, 1.54) is 0 Å². The second kappa shape index (κ2) is 6.75. The summed E-state index contributed by atoms with van der Waals surface area (Å²) in [4.78, 5) is 30.3. The summed E-state index contributed by atoms with van der Waals surface area (Å²) in [5.41, 5.74) is 2.65. The maximum absolute atomic E-state index is 13.7. The molecule has 1 atom stereocenters. The second-order valence-corrected chi connectivity index (χ2v) is 8.00. The van der Waals surface area contributed by atoms with Crippen LogP contribution in [0.4, 0.5) is 11.4 Å². The Morgan fingerprint density at radius 1 is 0.897 bits per heavy atom. The predicted molar refractivity (Wildman–Crippen MR) is 114 cm³/mol. The van der Waals surface area contributed by atoms with E-state index in [2.05, 4.69) is 0 Å². The number of carbonyl (C=O) groups is 2. The van der Waals surface area contributed by atoms with E-state index in [9.17, 15) is 9.59 Å². The van der Waals surface area contributed by atoms with Crippen LogP contribution >= 0.6 is 11.6 Å². The average molecular weight is 403 g/mol. The lowest BCUT2D eigenvalue weighted by atomic mass is 9.81. The number of hydrogen-bond donors (Lipinski definition) is 0. The molecular formula is C24H19ClN2O2. The number of hydrogen-bond acceptors (Lipinski definition) is 2. The first-order chi connectivity index (χ1) is 14.1. The van der Waals surface area contributed by atoms with Crippen molar-refractivity contribution in [2.75, 3.05) is 18.0 Å². The Morgan fingerprint density at radius 2 is 1.59 bits per heavy atom. The molecule has 5 heteroatoms. The molecule has 0 aliphatic carbocycles. The molecule has 144 valence electrons. The number of benzene rings is 3. The molecule has 0 saturated carbocycles. The Labute approximate surface area is 174 Å². The summed E-state index contributed by atoms with van der Waals surface area (Å²) >= 11 is 5.95. The molecule has 2 aliphatic heterocycles. The van der Waals surface area contributed by atoms with Gasteiger partial charge in [0.25, 0.3) is 5.91 Å². The summed E-state index contributed by atoms with van der Waals surface area (Å²) < 4.78 is 0. The van der Waals surface area contributed by atoms with E-state index in [0.29, 0.717) is 30.1 Å². The molecule has 1 saturated heterocycles. The van der Waals surface area contributed by atoms with E-state index >= 15 is 0 Å². The Hall–Kier alpha value is -3.11. The summed E-state index contributed by atoms with van der Waals surface area (Å²) in [5, 5.41) is 0.595. The largest absolute Gasteiger partial charge is 0.337 e. The van der Waals surface area contributed by atoms with Crippen molar-refractivity contribution in [2.45, 2.75) is 11.8 Å². The highest BCUT2D eigenvalue weighted by atomic mass is 35.5. The zero-order valence-corrected chi connectivity index (χ0v) is 16.5. The monoisotopic (exact) mass is 402 g/mol. The van der Waals surface area contributed by atoms with Crippen molar-refractivity contribution in [1.29, 1.82) is 0 Å². The normalized spacial score (nSPS) is 20.4. The van der Waals surface area contributed by atoms with Crippen LogP contribution in [0.1, 0.15) is 22.3 Å². The molecule has 5 rings (SSSR count). The van der Waals surface area contributed by atoms with Crippen molar-refractivity contribution in [3.8, 4) is 0 Å². The fourth-order valence-corrected chi connectivity index (χ4v) is 4.62. The van der Waals surface area contributed by atoms with Crippen molar-refractivity contribution in [3.05, 3.63) is 95.0 Å². The van der Waals surface area contributed by atoms with E-state index in [1.54, 1.807) is 34.1 Å². The SMILES string of the molecule is O=C(c1ccc(Cl)cc1)N1CCC2(C1)C(=O)N(c1ccccc1)c1ccccc12. The van der Waals surface area contributed by atoms with Crippen molar-refractivity contribution in [3.63, 3.8) is 0 Å². The summed E-state index contributed by atoms with van der Waals surface area (Å²) in [6, 6.07) is 24.5. The van der Waals surface area contributed by atoms with Gasteiger partial charge in [-0.25, -0.2) is 0 Å². The van der Waals surface area contributed by atoms with Gasteiger partial charge in [-0.2, -0.15) is 0 Å². The van der Waals surface area contributed by atoms with Gasteiger partial charge in [0, 0.05) is 29.4 Å². The van der Waals surface area contributed by atoms with Gasteiger partial charge in [-0.1, -0.05) is 48.0 Å². The molecule has 1 unspecified atom stereocenters. The first-order valence-corrected chi connectivity index (χ1v) is 10.0. The van der Waals surface area contributed by atoms with Gasteiger partial charge < -0.3 is 4.90 Å². The number of para-hydroxylation sites is 2. The van der Waals surface area contributed by atoms with Crippen LogP contribution in [0.25, 0.3) is 0 Å². The molecule has 0 N–H and O–H groups in total. The Kier molecular flexibility index (Phi) is 4.18. The number of likely N-dealkylation sites (tertiary alicyclic amines) is 1. The van der Waals surface area contributed by atoms with E-state index in [1.807, 2.05) is 54.6 Å². The molecule has 2 aliphatic rings. The maximum Gasteiger partial charge on any atom is 0.253 e. The highest BCUT2D eigenvalue weighted by molar-refractivity contribution is 6.30. The summed E-state index contributed by atoms with van der Waals surface area (Å²) in [7, 11) is 0. The fourth-order valence-electron chi connectivity index (χ4n) is 4.50. The second-order valence-electron chi connectivity index (χ2n) is 7.56. The van der Waals surface area contributed by atoms with E-state index in [4.69, 9.17) is 11.6 Å². The summed E-state index contributed by atoms with van der Waals surface area (Å²) in [5.74, 6) is -0.0294. The Balaban J connectivity index is 1.52. The fraction of sp³-hybridized carbons (Fsp3) is 0.167. The number of anilines is 2. The molecule has 2 heterocycles. The minimum absolute atomic E-state index is 0.0382. The highest BCUT2D eigenvalue weighted by Gasteiger charge is 2.55. The topological polar surface area (TPSA) is 40.6 Å². The van der Waals surface area contributed by atoms with Crippen LogP contribution in [0.5, 0.6) is 0 Å². The van der Waals surface area contributed by atoms with Gasteiger partial charge in [0.15, 0.2) is 0 Å². The molecule has 3 aromatic rings. The lowest BCUT2D eigenvalue weighted by molar-refractivity contribution is -0.122. The molecule has 0 bridgehead atoms. The third-order valence-corrected chi connectivity index (χ3v) is 6.19.